The zero-order valence-electron chi connectivity index (χ0n) is 16.3. The molecule has 3 rings (SSSR count). The highest BCUT2D eigenvalue weighted by atomic mass is 32.2. The Morgan fingerprint density at radius 3 is 1.42 bits per heavy atom. The molecule has 0 aromatic heterocycles. The van der Waals surface area contributed by atoms with Crippen molar-refractivity contribution in [2.24, 2.45) is 0 Å². The van der Waals surface area contributed by atoms with Gasteiger partial charge in [0.15, 0.2) is 14.7 Å². The molecule has 0 bridgehead atoms. The Balaban J connectivity index is 1.95. The zero-order valence-corrected chi connectivity index (χ0v) is 18.8. The fraction of sp³-hybridized carbons (Fsp3) is 0.100. The van der Waals surface area contributed by atoms with Crippen molar-refractivity contribution in [3.05, 3.63) is 84.9 Å². The van der Waals surface area contributed by atoms with Crippen LogP contribution < -0.4 is 4.18 Å². The van der Waals surface area contributed by atoms with E-state index in [0.717, 1.165) is 21.9 Å². The normalized spacial score (nSPS) is 13.2. The second kappa shape index (κ2) is 8.97. The van der Waals surface area contributed by atoms with Gasteiger partial charge in [0, 0.05) is 0 Å². The summed E-state index contributed by atoms with van der Waals surface area (Å²) in [6.45, 7) is 0. The van der Waals surface area contributed by atoms with Crippen molar-refractivity contribution in [1.82, 2.24) is 0 Å². The molecule has 0 aliphatic heterocycles. The minimum Gasteiger partial charge on any atom is -0.378 e. The Hall–Kier alpha value is -2.61. The molecule has 33 heavy (non-hydrogen) atoms. The second-order valence-electron chi connectivity index (χ2n) is 6.45. The Morgan fingerprint density at radius 2 is 1.03 bits per heavy atom. The third-order valence-electron chi connectivity index (χ3n) is 4.20. The molecule has 6 nitrogen and oxygen atoms in total. The van der Waals surface area contributed by atoms with Crippen LogP contribution in [0.2, 0.25) is 0 Å². The van der Waals surface area contributed by atoms with Crippen molar-refractivity contribution in [2.45, 2.75) is 25.2 Å². The standard InChI is InChI=1S/C20H14F4O6S3/c21-19(22,32(25,26)27)20(23,24)33(28,29)30-15-11-13-18(14-12-15)31(16-7-3-1-4-8-16)17-9-5-2-6-10-17/h1-14H/p+1. The van der Waals surface area contributed by atoms with Crippen LogP contribution in [0.4, 0.5) is 17.6 Å². The molecule has 0 unspecified atom stereocenters. The maximum atomic E-state index is 13.8. The molecule has 0 spiro atoms. The summed E-state index contributed by atoms with van der Waals surface area (Å²) in [7, 11) is -13.9. The maximum Gasteiger partial charge on any atom is 0.460 e. The average molecular weight is 524 g/mol. The predicted molar refractivity (Wildman–Crippen MR) is 112 cm³/mol. The third-order valence-corrected chi connectivity index (χ3v) is 8.76. The van der Waals surface area contributed by atoms with Gasteiger partial charge in [-0.3, -0.25) is 4.55 Å². The van der Waals surface area contributed by atoms with Gasteiger partial charge in [0.05, 0.1) is 10.9 Å². The lowest BCUT2D eigenvalue weighted by atomic mass is 10.3. The lowest BCUT2D eigenvalue weighted by molar-refractivity contribution is -0.105. The van der Waals surface area contributed by atoms with Gasteiger partial charge in [-0.05, 0) is 48.5 Å². The monoisotopic (exact) mass is 523 g/mol. The van der Waals surface area contributed by atoms with E-state index in [1.807, 2.05) is 60.7 Å². The number of benzene rings is 3. The molecule has 0 amide bonds. The van der Waals surface area contributed by atoms with Crippen LogP contribution >= 0.6 is 0 Å². The van der Waals surface area contributed by atoms with Crippen LogP contribution in [0.3, 0.4) is 0 Å². The van der Waals surface area contributed by atoms with Crippen molar-refractivity contribution in [3.63, 3.8) is 0 Å². The summed E-state index contributed by atoms with van der Waals surface area (Å²) in [4.78, 5) is 2.42. The lowest BCUT2D eigenvalue weighted by Gasteiger charge is -2.23. The smallest absolute Gasteiger partial charge is 0.378 e. The summed E-state index contributed by atoms with van der Waals surface area (Å²) in [5.74, 6) is -0.755. The Kier molecular flexibility index (Phi) is 6.80. The van der Waals surface area contributed by atoms with Gasteiger partial charge >= 0.3 is 30.7 Å². The molecular formula is C20H15F4O6S3+. The molecule has 3 aromatic carbocycles. The molecule has 0 fully saturated rings. The van der Waals surface area contributed by atoms with Crippen molar-refractivity contribution < 1.29 is 43.1 Å². The van der Waals surface area contributed by atoms with Crippen LogP contribution in [0.5, 0.6) is 5.75 Å². The quantitative estimate of drug-likeness (QED) is 0.201. The molecule has 3 aromatic rings. The van der Waals surface area contributed by atoms with E-state index in [0.29, 0.717) is 4.90 Å². The first kappa shape index (κ1) is 25.0. The first-order valence-corrected chi connectivity index (χ1v) is 13.0. The fourth-order valence-corrected chi connectivity index (χ4v) is 6.39. The van der Waals surface area contributed by atoms with Crippen molar-refractivity contribution >= 4 is 31.1 Å². The van der Waals surface area contributed by atoms with Crippen LogP contribution in [0, 0.1) is 0 Å². The van der Waals surface area contributed by atoms with Crippen LogP contribution in [-0.4, -0.2) is 31.9 Å². The van der Waals surface area contributed by atoms with Crippen molar-refractivity contribution in [2.75, 3.05) is 0 Å². The molecule has 0 aliphatic carbocycles. The molecule has 0 saturated carbocycles. The molecule has 1 N–H and O–H groups in total. The minimum atomic E-state index is -6.76. The Morgan fingerprint density at radius 1 is 0.636 bits per heavy atom. The van der Waals surface area contributed by atoms with Gasteiger partial charge in [0.1, 0.15) is 5.75 Å². The number of hydrogen-bond acceptors (Lipinski definition) is 5. The first-order valence-electron chi connectivity index (χ1n) is 8.89. The highest BCUT2D eigenvalue weighted by molar-refractivity contribution is 7.97. The summed E-state index contributed by atoms with van der Waals surface area (Å²) in [6.07, 6.45) is 0. The number of halogens is 4. The molecule has 13 heteroatoms. The van der Waals surface area contributed by atoms with Gasteiger partial charge in [-0.25, -0.2) is 0 Å². The van der Waals surface area contributed by atoms with Gasteiger partial charge in [0.2, 0.25) is 0 Å². The zero-order chi connectivity index (χ0) is 24.5. The summed E-state index contributed by atoms with van der Waals surface area (Å²) in [6, 6.07) is 23.1. The van der Waals surface area contributed by atoms with E-state index < -0.39 is 47.4 Å². The van der Waals surface area contributed by atoms with Crippen LogP contribution in [0.15, 0.2) is 99.6 Å². The van der Waals surface area contributed by atoms with Gasteiger partial charge < -0.3 is 4.18 Å². The minimum absolute atomic E-state index is 0.632. The van der Waals surface area contributed by atoms with Gasteiger partial charge in [-0.1, -0.05) is 36.4 Å². The van der Waals surface area contributed by atoms with Crippen molar-refractivity contribution in [3.8, 4) is 5.75 Å². The van der Waals surface area contributed by atoms with E-state index in [1.54, 1.807) is 0 Å². The summed E-state index contributed by atoms with van der Waals surface area (Å²) in [5, 5.41) is -12.6. The highest BCUT2D eigenvalue weighted by Crippen LogP contribution is 2.43. The summed E-state index contributed by atoms with van der Waals surface area (Å²) in [5.41, 5.74) is 0. The van der Waals surface area contributed by atoms with Crippen LogP contribution in [0.25, 0.3) is 0 Å². The highest BCUT2D eigenvalue weighted by Gasteiger charge is 2.74. The maximum absolute atomic E-state index is 13.8. The fourth-order valence-electron chi connectivity index (χ4n) is 2.63. The van der Waals surface area contributed by atoms with Crippen molar-refractivity contribution in [1.29, 1.82) is 0 Å². The molecule has 0 radical (unpaired) electrons. The number of alkyl halides is 4. The average Bonchev–Trinajstić information content (AvgIpc) is 2.75. The molecule has 0 saturated heterocycles. The Labute approximate surface area is 190 Å². The van der Waals surface area contributed by atoms with E-state index in [2.05, 4.69) is 4.18 Å². The second-order valence-corrected chi connectivity index (χ2v) is 11.5. The van der Waals surface area contributed by atoms with Crippen LogP contribution in [-0.2, 0) is 31.1 Å². The largest absolute Gasteiger partial charge is 0.460 e. The van der Waals surface area contributed by atoms with E-state index >= 15 is 0 Å². The summed E-state index contributed by atoms with van der Waals surface area (Å²) >= 11 is 0. The molecule has 0 aliphatic rings. The SMILES string of the molecule is O=S(=O)(O)C(F)(F)C(F)(F)S(=O)(=O)Oc1ccc([S+](c2ccccc2)c2ccccc2)cc1. The van der Waals surface area contributed by atoms with Gasteiger partial charge in [0.25, 0.3) is 0 Å². The van der Waals surface area contributed by atoms with Gasteiger partial charge in [-0.2, -0.15) is 34.4 Å². The number of hydrogen-bond donors (Lipinski definition) is 1. The van der Waals surface area contributed by atoms with E-state index in [1.165, 1.54) is 12.1 Å². The van der Waals surface area contributed by atoms with E-state index in [4.69, 9.17) is 4.55 Å². The van der Waals surface area contributed by atoms with Gasteiger partial charge in [-0.15, -0.1) is 0 Å². The topological polar surface area (TPSA) is 97.7 Å². The van der Waals surface area contributed by atoms with E-state index in [9.17, 15) is 34.4 Å². The molecule has 176 valence electrons. The van der Waals surface area contributed by atoms with E-state index in [-0.39, 0.29) is 0 Å². The molecule has 0 atom stereocenters. The summed E-state index contributed by atoms with van der Waals surface area (Å²) < 4.78 is 112. The predicted octanol–water partition coefficient (Wildman–Crippen LogP) is 4.56. The third kappa shape index (κ3) is 4.86. The van der Waals surface area contributed by atoms with Crippen LogP contribution in [0.1, 0.15) is 0 Å². The first-order chi connectivity index (χ1) is 15.3. The Bertz CT molecular complexity index is 1280. The molecule has 0 heterocycles. The molecular weight excluding hydrogens is 508 g/mol. The number of rotatable bonds is 8. The lowest BCUT2D eigenvalue weighted by Crippen LogP contribution is -2.53.